The van der Waals surface area contributed by atoms with E-state index < -0.39 is 0 Å². The fourth-order valence-corrected chi connectivity index (χ4v) is 10.4. The normalized spacial score (nSPS) is 14.6. The first-order chi connectivity index (χ1) is 25.9. The van der Waals surface area contributed by atoms with Crippen molar-refractivity contribution in [3.8, 4) is 0 Å². The molecule has 288 valence electrons. The molecule has 2 nitrogen and oxygen atoms in total. The van der Waals surface area contributed by atoms with Crippen LogP contribution in [0.5, 0.6) is 0 Å². The molecular formula is C52H61BN2S. The standard InChI is InChI=1S/C52H61BN2S/c1-48(2,3)32-19-24-36(25-20-32)54-41-28-23-34(50(7,8)9)29-40(41)53-44-38-17-16-18-39(52(13,14)15)46(38)56-47(44)55(37-26-21-33(22-27-37)49(4,5)6)43-31-35(51(10,11)12)30-42(54)45(43)53/h16-31H,1-15H3. The highest BCUT2D eigenvalue weighted by atomic mass is 32.1. The second-order valence-corrected chi connectivity index (χ2v) is 22.7. The van der Waals surface area contributed by atoms with E-state index in [0.717, 1.165) is 0 Å². The highest BCUT2D eigenvalue weighted by Gasteiger charge is 2.46. The van der Waals surface area contributed by atoms with Gasteiger partial charge in [-0.3, -0.25) is 0 Å². The van der Waals surface area contributed by atoms with E-state index in [0.29, 0.717) is 0 Å². The first-order valence-electron chi connectivity index (χ1n) is 20.6. The molecule has 6 aromatic rings. The molecule has 5 aromatic carbocycles. The summed E-state index contributed by atoms with van der Waals surface area (Å²) in [5.74, 6) is 0. The van der Waals surface area contributed by atoms with Gasteiger partial charge in [0, 0.05) is 33.1 Å². The molecule has 0 radical (unpaired) electrons. The van der Waals surface area contributed by atoms with Gasteiger partial charge in [-0.05, 0) is 119 Å². The molecule has 0 bridgehead atoms. The summed E-state index contributed by atoms with van der Waals surface area (Å²) >= 11 is 1.99. The molecule has 0 saturated carbocycles. The van der Waals surface area contributed by atoms with Crippen molar-refractivity contribution in [3.63, 3.8) is 0 Å². The number of rotatable bonds is 2. The van der Waals surface area contributed by atoms with E-state index >= 15 is 0 Å². The van der Waals surface area contributed by atoms with Gasteiger partial charge in [-0.15, -0.1) is 11.3 Å². The van der Waals surface area contributed by atoms with Crippen LogP contribution in [0.3, 0.4) is 0 Å². The summed E-state index contributed by atoms with van der Waals surface area (Å²) in [7, 11) is 0. The smallest absolute Gasteiger partial charge is 0.254 e. The third kappa shape index (κ3) is 6.32. The van der Waals surface area contributed by atoms with E-state index in [1.54, 1.807) is 0 Å². The Balaban J connectivity index is 1.53. The van der Waals surface area contributed by atoms with E-state index in [9.17, 15) is 0 Å². The number of nitrogens with zero attached hydrogens (tertiary/aromatic N) is 2. The largest absolute Gasteiger partial charge is 0.311 e. The molecular weight excluding hydrogens is 695 g/mol. The minimum Gasteiger partial charge on any atom is -0.311 e. The minimum absolute atomic E-state index is 0.00185. The Morgan fingerprint density at radius 2 is 0.911 bits per heavy atom. The monoisotopic (exact) mass is 756 g/mol. The summed E-state index contributed by atoms with van der Waals surface area (Å²) in [5, 5.41) is 2.72. The lowest BCUT2D eigenvalue weighted by atomic mass is 9.33. The zero-order chi connectivity index (χ0) is 40.5. The Labute approximate surface area is 342 Å². The Bertz CT molecular complexity index is 2480. The van der Waals surface area contributed by atoms with Crippen LogP contribution in [0.25, 0.3) is 10.1 Å². The lowest BCUT2D eigenvalue weighted by molar-refractivity contribution is 0.589. The van der Waals surface area contributed by atoms with E-state index in [1.807, 2.05) is 11.3 Å². The predicted octanol–water partition coefficient (Wildman–Crippen LogP) is 13.5. The number of anilines is 6. The Morgan fingerprint density at radius 3 is 1.41 bits per heavy atom. The van der Waals surface area contributed by atoms with Crippen LogP contribution in [-0.4, -0.2) is 6.71 Å². The fourth-order valence-electron chi connectivity index (χ4n) is 8.79. The van der Waals surface area contributed by atoms with E-state index in [-0.39, 0.29) is 33.8 Å². The molecule has 1 aromatic heterocycles. The third-order valence-electron chi connectivity index (χ3n) is 12.2. The highest BCUT2D eigenvalue weighted by molar-refractivity contribution is 7.27. The molecule has 4 heteroatoms. The van der Waals surface area contributed by atoms with Gasteiger partial charge in [0.1, 0.15) is 0 Å². The molecule has 0 unspecified atom stereocenters. The van der Waals surface area contributed by atoms with Gasteiger partial charge in [0.05, 0.1) is 5.00 Å². The summed E-state index contributed by atoms with van der Waals surface area (Å²) in [4.78, 5) is 5.21. The van der Waals surface area contributed by atoms with Crippen molar-refractivity contribution in [2.24, 2.45) is 0 Å². The number of hydrogen-bond acceptors (Lipinski definition) is 3. The van der Waals surface area contributed by atoms with E-state index in [1.165, 1.54) is 87.7 Å². The molecule has 56 heavy (non-hydrogen) atoms. The Kier molecular flexibility index (Phi) is 8.69. The number of fused-ring (bicyclic) bond motifs is 6. The van der Waals surface area contributed by atoms with Crippen LogP contribution < -0.4 is 26.2 Å². The van der Waals surface area contributed by atoms with Gasteiger partial charge in [-0.25, -0.2) is 0 Å². The summed E-state index contributed by atoms with van der Waals surface area (Å²) in [6.07, 6.45) is 0. The quantitative estimate of drug-likeness (QED) is 0.162. The van der Waals surface area contributed by atoms with Crippen LogP contribution in [0.15, 0.2) is 97.1 Å². The van der Waals surface area contributed by atoms with Crippen LogP contribution in [0.2, 0.25) is 0 Å². The second kappa shape index (κ2) is 12.6. The van der Waals surface area contributed by atoms with Gasteiger partial charge in [0.25, 0.3) is 6.71 Å². The molecule has 0 fully saturated rings. The van der Waals surface area contributed by atoms with Gasteiger partial charge >= 0.3 is 0 Å². The number of hydrogen-bond donors (Lipinski definition) is 0. The van der Waals surface area contributed by atoms with Crippen molar-refractivity contribution in [2.75, 3.05) is 9.80 Å². The second-order valence-electron chi connectivity index (χ2n) is 21.7. The molecule has 0 amide bonds. The maximum atomic E-state index is 2.63. The molecule has 0 N–H and O–H groups in total. The molecule has 0 saturated heterocycles. The van der Waals surface area contributed by atoms with E-state index in [2.05, 4.69) is 211 Å². The number of benzene rings is 5. The first-order valence-corrected chi connectivity index (χ1v) is 21.5. The highest BCUT2D eigenvalue weighted by Crippen LogP contribution is 2.50. The first kappa shape index (κ1) is 38.6. The fraction of sp³-hybridized carbons (Fsp3) is 0.385. The Hall–Kier alpha value is -4.28. The van der Waals surface area contributed by atoms with Gasteiger partial charge in [0.2, 0.25) is 0 Å². The van der Waals surface area contributed by atoms with Crippen LogP contribution in [0.4, 0.5) is 33.4 Å². The lowest BCUT2D eigenvalue weighted by Gasteiger charge is -2.44. The topological polar surface area (TPSA) is 6.48 Å². The SMILES string of the molecule is CC(C)(C)c1ccc(N2c3ccc(C(C)(C)C)cc3B3c4c2cc(C(C)(C)C)cc4N(c2ccc(C(C)(C)C)cc2)c2sc4c(C(C)(C)C)cccc4c23)cc1. The van der Waals surface area contributed by atoms with Crippen LogP contribution >= 0.6 is 11.3 Å². The van der Waals surface area contributed by atoms with Crippen molar-refractivity contribution in [2.45, 2.75) is 131 Å². The molecule has 2 aliphatic heterocycles. The summed E-state index contributed by atoms with van der Waals surface area (Å²) in [5.41, 5.74) is 17.4. The Morgan fingerprint density at radius 1 is 0.429 bits per heavy atom. The maximum Gasteiger partial charge on any atom is 0.254 e. The summed E-state index contributed by atoms with van der Waals surface area (Å²) in [6, 6.07) is 38.3. The minimum atomic E-state index is -0.0687. The zero-order valence-electron chi connectivity index (χ0n) is 36.6. The average molecular weight is 757 g/mol. The molecule has 0 aliphatic carbocycles. The van der Waals surface area contributed by atoms with Gasteiger partial charge in [-0.2, -0.15) is 0 Å². The molecule has 2 aliphatic rings. The molecule has 0 atom stereocenters. The van der Waals surface area contributed by atoms with Crippen molar-refractivity contribution in [3.05, 3.63) is 125 Å². The molecule has 0 spiro atoms. The van der Waals surface area contributed by atoms with Crippen LogP contribution in [0.1, 0.15) is 132 Å². The lowest BCUT2D eigenvalue weighted by Crippen LogP contribution is -2.61. The molecule has 3 heterocycles. The summed E-state index contributed by atoms with van der Waals surface area (Å²) < 4.78 is 1.40. The maximum absolute atomic E-state index is 2.63. The van der Waals surface area contributed by atoms with Gasteiger partial charge in [-0.1, -0.05) is 158 Å². The predicted molar refractivity (Wildman–Crippen MR) is 249 cm³/mol. The third-order valence-corrected chi connectivity index (χ3v) is 13.5. The van der Waals surface area contributed by atoms with Crippen molar-refractivity contribution >= 4 is 78.0 Å². The van der Waals surface area contributed by atoms with E-state index in [4.69, 9.17) is 0 Å². The van der Waals surface area contributed by atoms with Gasteiger partial charge in [0.15, 0.2) is 0 Å². The van der Waals surface area contributed by atoms with Gasteiger partial charge < -0.3 is 9.80 Å². The van der Waals surface area contributed by atoms with Crippen molar-refractivity contribution in [1.82, 2.24) is 0 Å². The molecule has 8 rings (SSSR count). The van der Waals surface area contributed by atoms with Crippen molar-refractivity contribution in [1.29, 1.82) is 0 Å². The van der Waals surface area contributed by atoms with Crippen LogP contribution in [-0.2, 0) is 27.1 Å². The number of thiophene rings is 1. The zero-order valence-corrected chi connectivity index (χ0v) is 37.4. The van der Waals surface area contributed by atoms with Crippen molar-refractivity contribution < 1.29 is 0 Å². The van der Waals surface area contributed by atoms with Crippen LogP contribution in [0, 0.1) is 0 Å². The average Bonchev–Trinajstić information content (AvgIpc) is 3.48. The summed E-state index contributed by atoms with van der Waals surface area (Å²) in [6.45, 7) is 35.1.